The summed E-state index contributed by atoms with van der Waals surface area (Å²) in [6.45, 7) is 7.90. The molecule has 1 aliphatic rings. The van der Waals surface area contributed by atoms with E-state index in [1.54, 1.807) is 0 Å². The van der Waals surface area contributed by atoms with Crippen molar-refractivity contribution in [3.05, 3.63) is 60.7 Å². The molecule has 0 radical (unpaired) electrons. The molecule has 1 aliphatic carbocycles. The molecule has 0 heterocycles. The van der Waals surface area contributed by atoms with Crippen LogP contribution in [0.4, 0.5) is 0 Å². The van der Waals surface area contributed by atoms with Crippen molar-refractivity contribution in [3.8, 4) is 0 Å². The summed E-state index contributed by atoms with van der Waals surface area (Å²) in [5.74, 6) is 1.51. The number of halogens is 1. The lowest BCUT2D eigenvalue weighted by molar-refractivity contribution is 0.276. The van der Waals surface area contributed by atoms with Crippen molar-refractivity contribution < 1.29 is 4.43 Å². The number of hydrogen-bond acceptors (Lipinski definition) is 1. The first-order chi connectivity index (χ1) is 11.5. The van der Waals surface area contributed by atoms with Gasteiger partial charge in [-0.2, -0.15) is 0 Å². The summed E-state index contributed by atoms with van der Waals surface area (Å²) >= 11 is 3.62. The van der Waals surface area contributed by atoms with E-state index in [0.717, 1.165) is 17.9 Å². The zero-order chi connectivity index (χ0) is 17.2. The summed E-state index contributed by atoms with van der Waals surface area (Å²) in [5.41, 5.74) is 0. The van der Waals surface area contributed by atoms with Gasteiger partial charge in [-0.15, -0.1) is 0 Å². The lowest BCUT2D eigenvalue weighted by atomic mass is 10.2. The van der Waals surface area contributed by atoms with Crippen molar-refractivity contribution in [1.29, 1.82) is 0 Å². The molecule has 0 aliphatic heterocycles. The van der Waals surface area contributed by atoms with Gasteiger partial charge in [0.15, 0.2) is 0 Å². The first-order valence-corrected chi connectivity index (χ1v) is 11.8. The van der Waals surface area contributed by atoms with Gasteiger partial charge < -0.3 is 4.43 Å². The van der Waals surface area contributed by atoms with E-state index in [0.29, 0.717) is 5.92 Å². The predicted molar refractivity (Wildman–Crippen MR) is 109 cm³/mol. The quantitative estimate of drug-likeness (QED) is 0.506. The van der Waals surface area contributed by atoms with E-state index in [2.05, 4.69) is 97.4 Å². The largest absolute Gasteiger partial charge is 0.407 e. The summed E-state index contributed by atoms with van der Waals surface area (Å²) in [7, 11) is -2.33. The Balaban J connectivity index is 2.04. The monoisotopic (exact) mass is 402 g/mol. The predicted octanol–water partition coefficient (Wildman–Crippen LogP) is 4.59. The van der Waals surface area contributed by atoms with Gasteiger partial charge in [-0.1, -0.05) is 97.4 Å². The lowest BCUT2D eigenvalue weighted by Gasteiger charge is -2.43. The fourth-order valence-corrected chi connectivity index (χ4v) is 9.11. The van der Waals surface area contributed by atoms with E-state index in [4.69, 9.17) is 4.43 Å². The van der Waals surface area contributed by atoms with Gasteiger partial charge in [0.25, 0.3) is 8.32 Å². The van der Waals surface area contributed by atoms with Gasteiger partial charge in [0.05, 0.1) is 0 Å². The Labute approximate surface area is 155 Å². The van der Waals surface area contributed by atoms with Gasteiger partial charge in [-0.3, -0.25) is 0 Å². The van der Waals surface area contributed by atoms with Crippen LogP contribution in [0, 0.1) is 11.8 Å². The summed E-state index contributed by atoms with van der Waals surface area (Å²) in [6.07, 6.45) is 1.30. The fourth-order valence-electron chi connectivity index (χ4n) is 3.70. The Morgan fingerprint density at radius 1 is 0.917 bits per heavy atom. The molecule has 0 saturated heterocycles. The maximum Gasteiger partial charge on any atom is 0.261 e. The van der Waals surface area contributed by atoms with Gasteiger partial charge in [0.2, 0.25) is 0 Å². The van der Waals surface area contributed by atoms with Crippen molar-refractivity contribution in [2.75, 3.05) is 11.9 Å². The first kappa shape index (κ1) is 17.9. The van der Waals surface area contributed by atoms with Crippen LogP contribution in [-0.2, 0) is 4.43 Å². The molecule has 0 unspecified atom stereocenters. The Kier molecular flexibility index (Phi) is 5.33. The molecule has 0 spiro atoms. The van der Waals surface area contributed by atoms with Crippen molar-refractivity contribution in [2.45, 2.75) is 32.2 Å². The zero-order valence-electron chi connectivity index (χ0n) is 14.8. The molecule has 3 heteroatoms. The molecule has 3 rings (SSSR count). The lowest BCUT2D eigenvalue weighted by Crippen LogP contribution is -2.66. The number of benzene rings is 2. The third-order valence-electron chi connectivity index (χ3n) is 5.20. The Bertz CT molecular complexity index is 611. The number of rotatable bonds is 6. The van der Waals surface area contributed by atoms with E-state index < -0.39 is 8.32 Å². The van der Waals surface area contributed by atoms with E-state index >= 15 is 0 Å². The second kappa shape index (κ2) is 7.15. The molecule has 0 bridgehead atoms. The average Bonchev–Trinajstić information content (AvgIpc) is 3.35. The molecule has 0 N–H and O–H groups in total. The van der Waals surface area contributed by atoms with Gasteiger partial charge in [-0.25, -0.2) is 0 Å². The second-order valence-electron chi connectivity index (χ2n) is 7.88. The van der Waals surface area contributed by atoms with Crippen molar-refractivity contribution in [3.63, 3.8) is 0 Å². The fraction of sp³-hybridized carbons (Fsp3) is 0.429. The van der Waals surface area contributed by atoms with Crippen LogP contribution in [0.3, 0.4) is 0 Å². The van der Waals surface area contributed by atoms with Crippen LogP contribution >= 0.6 is 15.9 Å². The minimum absolute atomic E-state index is 0.0779. The molecule has 1 saturated carbocycles. The van der Waals surface area contributed by atoms with Gasteiger partial charge in [-0.05, 0) is 33.7 Å². The molecular weight excluding hydrogens is 376 g/mol. The van der Waals surface area contributed by atoms with Crippen LogP contribution in [0.5, 0.6) is 0 Å². The van der Waals surface area contributed by atoms with E-state index in [1.807, 2.05) is 0 Å². The third kappa shape index (κ3) is 3.40. The average molecular weight is 403 g/mol. The highest BCUT2D eigenvalue weighted by atomic mass is 79.9. The highest BCUT2D eigenvalue weighted by Gasteiger charge is 2.51. The van der Waals surface area contributed by atoms with Crippen LogP contribution in [0.25, 0.3) is 0 Å². The molecule has 1 fully saturated rings. The number of hydrogen-bond donors (Lipinski definition) is 0. The van der Waals surface area contributed by atoms with E-state index in [-0.39, 0.29) is 5.04 Å². The number of alkyl halides is 1. The van der Waals surface area contributed by atoms with Crippen LogP contribution in [0.15, 0.2) is 60.7 Å². The standard InChI is InChI=1S/C21H27BrOSi/c1-21(2,3)24(19-10-6-4-7-11-19,20-12-8-5-9-13-20)23-16-18-14-17(18)15-22/h4-13,17-18H,14-16H2,1-3H3/t17-,18-/m0/s1. The highest BCUT2D eigenvalue weighted by Crippen LogP contribution is 2.43. The Hall–Kier alpha value is -0.903. The normalized spacial score (nSPS) is 20.8. The topological polar surface area (TPSA) is 9.23 Å². The summed E-state index contributed by atoms with van der Waals surface area (Å²) in [6, 6.07) is 21.8. The molecule has 128 valence electrons. The summed E-state index contributed by atoms with van der Waals surface area (Å²) < 4.78 is 6.94. The first-order valence-electron chi connectivity index (χ1n) is 8.80. The maximum atomic E-state index is 6.94. The molecule has 0 aromatic heterocycles. The molecule has 1 nitrogen and oxygen atoms in total. The van der Waals surface area contributed by atoms with Crippen molar-refractivity contribution >= 4 is 34.6 Å². The van der Waals surface area contributed by atoms with Gasteiger partial charge in [0.1, 0.15) is 0 Å². The van der Waals surface area contributed by atoms with Crippen LogP contribution in [0.2, 0.25) is 5.04 Å². The van der Waals surface area contributed by atoms with Crippen molar-refractivity contribution in [1.82, 2.24) is 0 Å². The molecule has 2 atom stereocenters. The van der Waals surface area contributed by atoms with Gasteiger partial charge in [0, 0.05) is 11.9 Å². The SMILES string of the molecule is CC(C)(C)[Si](OC[C@@H]1C[C@H]1CBr)(c1ccccc1)c1ccccc1. The van der Waals surface area contributed by atoms with Crippen molar-refractivity contribution in [2.24, 2.45) is 11.8 Å². The summed E-state index contributed by atoms with van der Waals surface area (Å²) in [4.78, 5) is 0. The third-order valence-corrected chi connectivity index (χ3v) is 11.0. The van der Waals surface area contributed by atoms with Crippen LogP contribution in [-0.4, -0.2) is 20.3 Å². The summed E-state index contributed by atoms with van der Waals surface area (Å²) in [5, 5.41) is 3.93. The molecular formula is C21H27BrOSi. The highest BCUT2D eigenvalue weighted by molar-refractivity contribution is 9.09. The van der Waals surface area contributed by atoms with Crippen LogP contribution < -0.4 is 10.4 Å². The molecule has 24 heavy (non-hydrogen) atoms. The Morgan fingerprint density at radius 3 is 1.79 bits per heavy atom. The molecule has 0 amide bonds. The van der Waals surface area contributed by atoms with Crippen LogP contribution in [0.1, 0.15) is 27.2 Å². The van der Waals surface area contributed by atoms with E-state index in [1.165, 1.54) is 16.8 Å². The van der Waals surface area contributed by atoms with Gasteiger partial charge >= 0.3 is 0 Å². The minimum Gasteiger partial charge on any atom is -0.407 e. The zero-order valence-corrected chi connectivity index (χ0v) is 17.4. The second-order valence-corrected chi connectivity index (χ2v) is 12.8. The van der Waals surface area contributed by atoms with E-state index in [9.17, 15) is 0 Å². The minimum atomic E-state index is -2.33. The molecule has 2 aromatic carbocycles. The maximum absolute atomic E-state index is 6.94. The Morgan fingerprint density at radius 2 is 1.42 bits per heavy atom. The smallest absolute Gasteiger partial charge is 0.261 e. The molecule has 2 aromatic rings.